The van der Waals surface area contributed by atoms with E-state index in [1.807, 2.05) is 31.2 Å². The maximum atomic E-state index is 11.8. The Morgan fingerprint density at radius 3 is 2.50 bits per heavy atom. The summed E-state index contributed by atoms with van der Waals surface area (Å²) in [6.45, 7) is 1.94. The highest BCUT2D eigenvalue weighted by Gasteiger charge is 2.12. The smallest absolute Gasteiger partial charge is 0.273 e. The van der Waals surface area contributed by atoms with E-state index < -0.39 is 6.10 Å². The van der Waals surface area contributed by atoms with Crippen molar-refractivity contribution < 1.29 is 9.90 Å². The summed E-state index contributed by atoms with van der Waals surface area (Å²) >= 11 is 0. The highest BCUT2D eigenvalue weighted by Crippen LogP contribution is 2.18. The quantitative estimate of drug-likeness (QED) is 0.927. The Hall–Kier alpha value is -2.14. The molecule has 0 saturated heterocycles. The third-order valence-corrected chi connectivity index (χ3v) is 3.14. The van der Waals surface area contributed by atoms with Crippen LogP contribution >= 0.6 is 0 Å². The molecule has 1 N–H and O–H groups in total. The van der Waals surface area contributed by atoms with Gasteiger partial charge in [-0.3, -0.25) is 4.79 Å². The predicted octanol–water partition coefficient (Wildman–Crippen LogP) is 2.02. The van der Waals surface area contributed by atoms with Crippen LogP contribution in [-0.2, 0) is 0 Å². The topological polar surface area (TPSA) is 58.4 Å². The van der Waals surface area contributed by atoms with E-state index >= 15 is 0 Å². The minimum atomic E-state index is -0.437. The first-order chi connectivity index (χ1) is 9.52. The molecule has 0 saturated carbocycles. The SMILES string of the molecule is CCC(O)c1ccc(-n2ccc(C(=O)N(C)C)n2)cc1. The minimum absolute atomic E-state index is 0.123. The van der Waals surface area contributed by atoms with Gasteiger partial charge in [0.2, 0.25) is 0 Å². The Kier molecular flexibility index (Phi) is 4.20. The molecule has 0 radical (unpaired) electrons. The third kappa shape index (κ3) is 2.88. The number of hydrogen-bond donors (Lipinski definition) is 1. The third-order valence-electron chi connectivity index (χ3n) is 3.14. The maximum Gasteiger partial charge on any atom is 0.273 e. The second kappa shape index (κ2) is 5.88. The monoisotopic (exact) mass is 273 g/mol. The second-order valence-corrected chi connectivity index (χ2v) is 4.86. The number of hydrogen-bond acceptors (Lipinski definition) is 3. The van der Waals surface area contributed by atoms with Crippen LogP contribution in [0, 0.1) is 0 Å². The van der Waals surface area contributed by atoms with Crippen molar-refractivity contribution >= 4 is 5.91 Å². The van der Waals surface area contributed by atoms with E-state index in [0.717, 1.165) is 11.3 Å². The fourth-order valence-electron chi connectivity index (χ4n) is 1.90. The molecule has 2 rings (SSSR count). The van der Waals surface area contributed by atoms with Gasteiger partial charge in [0.15, 0.2) is 5.69 Å². The Balaban J connectivity index is 2.22. The molecule has 0 spiro atoms. The van der Waals surface area contributed by atoms with Crippen LogP contribution in [-0.4, -0.2) is 39.8 Å². The van der Waals surface area contributed by atoms with Gasteiger partial charge in [0.1, 0.15) is 0 Å². The van der Waals surface area contributed by atoms with Crippen LogP contribution in [0.15, 0.2) is 36.5 Å². The molecule has 20 heavy (non-hydrogen) atoms. The van der Waals surface area contributed by atoms with E-state index in [-0.39, 0.29) is 5.91 Å². The molecule has 1 heterocycles. The van der Waals surface area contributed by atoms with Gasteiger partial charge < -0.3 is 10.0 Å². The normalized spacial score (nSPS) is 12.2. The van der Waals surface area contributed by atoms with Crippen molar-refractivity contribution in [2.45, 2.75) is 19.4 Å². The average molecular weight is 273 g/mol. The number of aliphatic hydroxyl groups excluding tert-OH is 1. The molecular formula is C15H19N3O2. The zero-order chi connectivity index (χ0) is 14.7. The van der Waals surface area contributed by atoms with Gasteiger partial charge in [0.05, 0.1) is 11.8 Å². The molecule has 0 aliphatic carbocycles. The standard InChI is InChI=1S/C15H19N3O2/c1-4-14(19)11-5-7-12(8-6-11)18-10-9-13(16-18)15(20)17(2)3/h5-10,14,19H,4H2,1-3H3. The molecule has 5 heteroatoms. The first-order valence-electron chi connectivity index (χ1n) is 6.58. The second-order valence-electron chi connectivity index (χ2n) is 4.86. The van der Waals surface area contributed by atoms with Gasteiger partial charge in [0, 0.05) is 20.3 Å². The van der Waals surface area contributed by atoms with Crippen molar-refractivity contribution in [3.05, 3.63) is 47.8 Å². The zero-order valence-electron chi connectivity index (χ0n) is 11.9. The van der Waals surface area contributed by atoms with Gasteiger partial charge >= 0.3 is 0 Å². The number of aromatic nitrogens is 2. The van der Waals surface area contributed by atoms with E-state index in [1.165, 1.54) is 4.90 Å². The lowest BCUT2D eigenvalue weighted by Gasteiger charge is -2.09. The fraction of sp³-hybridized carbons (Fsp3) is 0.333. The Morgan fingerprint density at radius 1 is 1.30 bits per heavy atom. The number of amides is 1. The highest BCUT2D eigenvalue weighted by atomic mass is 16.3. The molecule has 106 valence electrons. The summed E-state index contributed by atoms with van der Waals surface area (Å²) in [5, 5.41) is 14.0. The molecule has 0 bridgehead atoms. The highest BCUT2D eigenvalue weighted by molar-refractivity contribution is 5.91. The molecule has 0 aliphatic rings. The van der Waals surface area contributed by atoms with E-state index in [0.29, 0.717) is 12.1 Å². The van der Waals surface area contributed by atoms with Gasteiger partial charge in [-0.2, -0.15) is 5.10 Å². The number of aliphatic hydroxyl groups is 1. The van der Waals surface area contributed by atoms with Crippen LogP contribution in [0.25, 0.3) is 5.69 Å². The molecule has 1 unspecified atom stereocenters. The first kappa shape index (κ1) is 14.3. The van der Waals surface area contributed by atoms with Crippen molar-refractivity contribution in [2.24, 2.45) is 0 Å². The van der Waals surface area contributed by atoms with Crippen molar-refractivity contribution in [1.29, 1.82) is 0 Å². The molecule has 2 aromatic rings. The van der Waals surface area contributed by atoms with Gasteiger partial charge in [-0.25, -0.2) is 4.68 Å². The van der Waals surface area contributed by atoms with Gasteiger partial charge in [0.25, 0.3) is 5.91 Å². The van der Waals surface area contributed by atoms with Gasteiger partial charge in [-0.05, 0) is 30.2 Å². The summed E-state index contributed by atoms with van der Waals surface area (Å²) in [6, 6.07) is 9.20. The van der Waals surface area contributed by atoms with Crippen LogP contribution in [0.2, 0.25) is 0 Å². The largest absolute Gasteiger partial charge is 0.388 e. The Labute approximate surface area is 118 Å². The maximum absolute atomic E-state index is 11.8. The number of carbonyl (C=O) groups excluding carboxylic acids is 1. The summed E-state index contributed by atoms with van der Waals surface area (Å²) in [5.74, 6) is -0.123. The summed E-state index contributed by atoms with van der Waals surface area (Å²) in [5.41, 5.74) is 2.15. The van der Waals surface area contributed by atoms with Crippen molar-refractivity contribution in [2.75, 3.05) is 14.1 Å². The lowest BCUT2D eigenvalue weighted by Crippen LogP contribution is -2.22. The van der Waals surface area contributed by atoms with E-state index in [4.69, 9.17) is 0 Å². The number of carbonyl (C=O) groups is 1. The fourth-order valence-corrected chi connectivity index (χ4v) is 1.90. The summed E-state index contributed by atoms with van der Waals surface area (Å²) in [6.07, 6.45) is 2.00. The van der Waals surface area contributed by atoms with Crippen LogP contribution in [0.4, 0.5) is 0 Å². The molecule has 1 atom stereocenters. The van der Waals surface area contributed by atoms with E-state index in [1.54, 1.807) is 31.0 Å². The number of nitrogens with zero attached hydrogens (tertiary/aromatic N) is 3. The van der Waals surface area contributed by atoms with Crippen LogP contribution < -0.4 is 0 Å². The zero-order valence-corrected chi connectivity index (χ0v) is 11.9. The Bertz CT molecular complexity index is 587. The van der Waals surface area contributed by atoms with Crippen molar-refractivity contribution in [3.63, 3.8) is 0 Å². The van der Waals surface area contributed by atoms with E-state index in [2.05, 4.69) is 5.10 Å². The Morgan fingerprint density at radius 2 is 1.95 bits per heavy atom. The summed E-state index contributed by atoms with van der Waals surface area (Å²) in [4.78, 5) is 13.3. The van der Waals surface area contributed by atoms with Crippen molar-refractivity contribution in [1.82, 2.24) is 14.7 Å². The van der Waals surface area contributed by atoms with Gasteiger partial charge in [-0.15, -0.1) is 0 Å². The van der Waals surface area contributed by atoms with Crippen molar-refractivity contribution in [3.8, 4) is 5.69 Å². The van der Waals surface area contributed by atoms with E-state index in [9.17, 15) is 9.90 Å². The van der Waals surface area contributed by atoms with Crippen LogP contribution in [0.5, 0.6) is 0 Å². The number of rotatable bonds is 4. The molecule has 1 aromatic heterocycles. The lowest BCUT2D eigenvalue weighted by atomic mass is 10.1. The summed E-state index contributed by atoms with van der Waals surface area (Å²) < 4.78 is 1.65. The molecule has 0 fully saturated rings. The predicted molar refractivity (Wildman–Crippen MR) is 76.8 cm³/mol. The molecule has 5 nitrogen and oxygen atoms in total. The lowest BCUT2D eigenvalue weighted by molar-refractivity contribution is 0.0821. The average Bonchev–Trinajstić information content (AvgIpc) is 2.95. The molecule has 1 amide bonds. The summed E-state index contributed by atoms with van der Waals surface area (Å²) in [7, 11) is 3.39. The molecule has 1 aromatic carbocycles. The number of benzene rings is 1. The van der Waals surface area contributed by atoms with Gasteiger partial charge in [-0.1, -0.05) is 19.1 Å². The first-order valence-corrected chi connectivity index (χ1v) is 6.58. The molecule has 0 aliphatic heterocycles. The van der Waals surface area contributed by atoms with Crippen LogP contribution in [0.1, 0.15) is 35.5 Å². The van der Waals surface area contributed by atoms with Crippen LogP contribution in [0.3, 0.4) is 0 Å². The molecular weight excluding hydrogens is 254 g/mol. The minimum Gasteiger partial charge on any atom is -0.388 e.